The fourth-order valence-electron chi connectivity index (χ4n) is 2.15. The van der Waals surface area contributed by atoms with Gasteiger partial charge in [0, 0.05) is 12.1 Å². The first kappa shape index (κ1) is 13.9. The normalized spacial score (nSPS) is 15.9. The maximum Gasteiger partial charge on any atom is 0.224 e. The van der Waals surface area contributed by atoms with Gasteiger partial charge < -0.3 is 15.2 Å². The van der Waals surface area contributed by atoms with Crippen molar-refractivity contribution in [3.05, 3.63) is 29.3 Å². The van der Waals surface area contributed by atoms with E-state index in [0.29, 0.717) is 12.5 Å². The van der Waals surface area contributed by atoms with Gasteiger partial charge in [0.2, 0.25) is 5.91 Å². The highest BCUT2D eigenvalue weighted by Crippen LogP contribution is 2.32. The molecule has 0 radical (unpaired) electrons. The Kier molecular flexibility index (Phi) is 4.43. The lowest BCUT2D eigenvalue weighted by atomic mass is 10.1. The molecule has 0 heterocycles. The van der Waals surface area contributed by atoms with Crippen molar-refractivity contribution in [2.45, 2.75) is 32.3 Å². The Labute approximate surface area is 113 Å². The zero-order valence-electron chi connectivity index (χ0n) is 11.5. The zero-order valence-corrected chi connectivity index (χ0v) is 11.5. The Bertz CT molecular complexity index is 455. The number of amides is 1. The Balaban J connectivity index is 1.88. The molecule has 19 heavy (non-hydrogen) atoms. The number of nitrogens with one attached hydrogen (secondary N) is 1. The third-order valence-corrected chi connectivity index (χ3v) is 3.46. The largest absolute Gasteiger partial charge is 0.496 e. The van der Waals surface area contributed by atoms with Gasteiger partial charge in [0.05, 0.1) is 19.6 Å². The van der Waals surface area contributed by atoms with E-state index in [1.165, 1.54) is 0 Å². The summed E-state index contributed by atoms with van der Waals surface area (Å²) in [5.41, 5.74) is 1.97. The summed E-state index contributed by atoms with van der Waals surface area (Å²) in [4.78, 5) is 11.9. The molecule has 0 spiro atoms. The van der Waals surface area contributed by atoms with Crippen molar-refractivity contribution in [2.75, 3.05) is 13.7 Å². The highest BCUT2D eigenvalue weighted by molar-refractivity contribution is 5.79. The van der Waals surface area contributed by atoms with Gasteiger partial charge in [0.1, 0.15) is 5.75 Å². The van der Waals surface area contributed by atoms with Crippen LogP contribution in [0, 0.1) is 12.8 Å². The van der Waals surface area contributed by atoms with Crippen LogP contribution in [-0.2, 0) is 11.2 Å². The van der Waals surface area contributed by atoms with E-state index in [-0.39, 0.29) is 12.3 Å². The monoisotopic (exact) mass is 263 g/mol. The van der Waals surface area contributed by atoms with E-state index in [1.807, 2.05) is 25.1 Å². The van der Waals surface area contributed by atoms with Crippen LogP contribution in [0.5, 0.6) is 5.75 Å². The van der Waals surface area contributed by atoms with Crippen LogP contribution >= 0.6 is 0 Å². The molecule has 1 fully saturated rings. The molecule has 1 aliphatic rings. The van der Waals surface area contributed by atoms with Crippen molar-refractivity contribution in [3.63, 3.8) is 0 Å². The Morgan fingerprint density at radius 2 is 2.26 bits per heavy atom. The van der Waals surface area contributed by atoms with Crippen molar-refractivity contribution >= 4 is 5.91 Å². The summed E-state index contributed by atoms with van der Waals surface area (Å²) in [6.07, 6.45) is 2.02. The highest BCUT2D eigenvalue weighted by atomic mass is 16.5. The van der Waals surface area contributed by atoms with Crippen molar-refractivity contribution in [1.29, 1.82) is 0 Å². The lowest BCUT2D eigenvalue weighted by molar-refractivity contribution is -0.121. The molecule has 1 aliphatic carbocycles. The van der Waals surface area contributed by atoms with Crippen LogP contribution < -0.4 is 10.1 Å². The highest BCUT2D eigenvalue weighted by Gasteiger charge is 2.29. The molecule has 1 atom stereocenters. The smallest absolute Gasteiger partial charge is 0.224 e. The molecule has 104 valence electrons. The summed E-state index contributed by atoms with van der Waals surface area (Å²) in [5, 5.41) is 12.5. The second-order valence-corrected chi connectivity index (χ2v) is 5.20. The number of aliphatic hydroxyl groups excluding tert-OH is 1. The number of hydrogen-bond acceptors (Lipinski definition) is 3. The molecule has 1 aromatic carbocycles. The van der Waals surface area contributed by atoms with Gasteiger partial charge in [-0.1, -0.05) is 17.7 Å². The van der Waals surface area contributed by atoms with Crippen LogP contribution in [0.1, 0.15) is 24.0 Å². The van der Waals surface area contributed by atoms with Crippen molar-refractivity contribution in [1.82, 2.24) is 5.32 Å². The first-order chi connectivity index (χ1) is 9.10. The first-order valence-corrected chi connectivity index (χ1v) is 6.68. The minimum atomic E-state index is -0.400. The molecular formula is C15H21NO3. The third kappa shape index (κ3) is 3.96. The van der Waals surface area contributed by atoms with Crippen molar-refractivity contribution in [2.24, 2.45) is 5.92 Å². The van der Waals surface area contributed by atoms with Gasteiger partial charge in [-0.2, -0.15) is 0 Å². The lowest BCUT2D eigenvalue weighted by Crippen LogP contribution is -2.34. The summed E-state index contributed by atoms with van der Waals surface area (Å²) in [5.74, 6) is 1.03. The molecule has 1 aromatic rings. The molecule has 1 amide bonds. The molecule has 4 heteroatoms. The average Bonchev–Trinajstić information content (AvgIpc) is 3.20. The van der Waals surface area contributed by atoms with E-state index < -0.39 is 6.10 Å². The van der Waals surface area contributed by atoms with Crippen LogP contribution in [0.3, 0.4) is 0 Å². The van der Waals surface area contributed by atoms with Gasteiger partial charge in [0.15, 0.2) is 0 Å². The zero-order chi connectivity index (χ0) is 13.8. The van der Waals surface area contributed by atoms with Crippen molar-refractivity contribution in [3.8, 4) is 5.75 Å². The maximum absolute atomic E-state index is 11.9. The van der Waals surface area contributed by atoms with E-state index in [0.717, 1.165) is 29.7 Å². The standard InChI is InChI=1S/C15H21NO3/c1-10-3-6-14(19-2)12(7-10)8-15(18)16-9-13(17)11-4-5-11/h3,6-7,11,13,17H,4-5,8-9H2,1-2H3,(H,16,18). The molecule has 0 bridgehead atoms. The first-order valence-electron chi connectivity index (χ1n) is 6.68. The van der Waals surface area contributed by atoms with E-state index in [2.05, 4.69) is 5.32 Å². The Hall–Kier alpha value is -1.55. The van der Waals surface area contributed by atoms with Gasteiger partial charge in [-0.3, -0.25) is 4.79 Å². The van der Waals surface area contributed by atoms with Crippen LogP contribution in [0.4, 0.5) is 0 Å². The van der Waals surface area contributed by atoms with Gasteiger partial charge in [0.25, 0.3) is 0 Å². The number of hydrogen-bond donors (Lipinski definition) is 2. The molecule has 2 N–H and O–H groups in total. The fraction of sp³-hybridized carbons (Fsp3) is 0.533. The molecule has 0 saturated heterocycles. The van der Waals surface area contributed by atoms with Gasteiger partial charge in [-0.15, -0.1) is 0 Å². The lowest BCUT2D eigenvalue weighted by Gasteiger charge is -2.12. The molecule has 4 nitrogen and oxygen atoms in total. The molecule has 0 aliphatic heterocycles. The van der Waals surface area contributed by atoms with E-state index in [4.69, 9.17) is 4.74 Å². The number of carbonyl (C=O) groups is 1. The molecule has 2 rings (SSSR count). The SMILES string of the molecule is COc1ccc(C)cc1CC(=O)NCC(O)C1CC1. The molecule has 1 saturated carbocycles. The number of methoxy groups -OCH3 is 1. The summed E-state index contributed by atoms with van der Waals surface area (Å²) in [6, 6.07) is 5.78. The van der Waals surface area contributed by atoms with Gasteiger partial charge >= 0.3 is 0 Å². The number of carbonyl (C=O) groups excluding carboxylic acids is 1. The minimum absolute atomic E-state index is 0.0800. The van der Waals surface area contributed by atoms with Crippen LogP contribution in [0.25, 0.3) is 0 Å². The van der Waals surface area contributed by atoms with Crippen LogP contribution in [0.15, 0.2) is 18.2 Å². The number of ether oxygens (including phenoxy) is 1. The molecule has 1 unspecified atom stereocenters. The minimum Gasteiger partial charge on any atom is -0.496 e. The molecule has 0 aromatic heterocycles. The number of rotatable bonds is 6. The fourth-order valence-corrected chi connectivity index (χ4v) is 2.15. The maximum atomic E-state index is 11.9. The summed E-state index contributed by atoms with van der Waals surface area (Å²) < 4.78 is 5.25. The molecular weight excluding hydrogens is 242 g/mol. The van der Waals surface area contributed by atoms with E-state index in [9.17, 15) is 9.90 Å². The summed E-state index contributed by atoms with van der Waals surface area (Å²) in [7, 11) is 1.60. The Morgan fingerprint density at radius 3 is 2.89 bits per heavy atom. The number of aliphatic hydroxyl groups is 1. The van der Waals surface area contributed by atoms with Gasteiger partial charge in [-0.25, -0.2) is 0 Å². The summed E-state index contributed by atoms with van der Waals surface area (Å²) in [6.45, 7) is 2.33. The van der Waals surface area contributed by atoms with Gasteiger partial charge in [-0.05, 0) is 31.7 Å². The average molecular weight is 263 g/mol. The van der Waals surface area contributed by atoms with Crippen LogP contribution in [-0.4, -0.2) is 30.8 Å². The van der Waals surface area contributed by atoms with Crippen LogP contribution in [0.2, 0.25) is 0 Å². The number of benzene rings is 1. The second kappa shape index (κ2) is 6.06. The second-order valence-electron chi connectivity index (χ2n) is 5.20. The van der Waals surface area contributed by atoms with E-state index >= 15 is 0 Å². The predicted molar refractivity (Wildman–Crippen MR) is 73.2 cm³/mol. The number of aryl methyl sites for hydroxylation is 1. The topological polar surface area (TPSA) is 58.6 Å². The third-order valence-electron chi connectivity index (χ3n) is 3.46. The van der Waals surface area contributed by atoms with E-state index in [1.54, 1.807) is 7.11 Å². The Morgan fingerprint density at radius 1 is 1.53 bits per heavy atom. The summed E-state index contributed by atoms with van der Waals surface area (Å²) >= 11 is 0. The predicted octanol–water partition coefficient (Wildman–Crippen LogP) is 1.43. The van der Waals surface area contributed by atoms with Crippen molar-refractivity contribution < 1.29 is 14.6 Å². The quantitative estimate of drug-likeness (QED) is 0.816.